The van der Waals surface area contributed by atoms with Crippen molar-refractivity contribution < 1.29 is 8.76 Å². The highest BCUT2D eigenvalue weighted by Crippen LogP contribution is 2.15. The molecule has 0 aliphatic rings. The minimum atomic E-state index is -1.85. The predicted octanol–water partition coefficient (Wildman–Crippen LogP) is 3.30. The molecule has 1 aromatic carbocycles. The molecule has 0 amide bonds. The first-order valence-electron chi connectivity index (χ1n) is 5.01. The number of hydrogen-bond donors (Lipinski definition) is 1. The average molecular weight is 244 g/mol. The van der Waals surface area contributed by atoms with E-state index in [-0.39, 0.29) is 0 Å². The lowest BCUT2D eigenvalue weighted by atomic mass is 10.2. The zero-order valence-corrected chi connectivity index (χ0v) is 10.4. The lowest BCUT2D eigenvalue weighted by molar-refractivity contribution is 0.564. The van der Waals surface area contributed by atoms with Gasteiger partial charge in [-0.1, -0.05) is 25.5 Å². The molecular formula is C11H16O2S2. The predicted molar refractivity (Wildman–Crippen MR) is 66.5 cm³/mol. The van der Waals surface area contributed by atoms with Gasteiger partial charge in [0.05, 0.1) is 4.90 Å². The lowest BCUT2D eigenvalue weighted by Crippen LogP contribution is -1.89. The van der Waals surface area contributed by atoms with E-state index in [1.54, 1.807) is 12.1 Å². The summed E-state index contributed by atoms with van der Waals surface area (Å²) in [5.41, 5.74) is 1.21. The molecule has 0 radical (unpaired) electrons. The van der Waals surface area contributed by atoms with Crippen LogP contribution in [0.1, 0.15) is 25.3 Å². The average Bonchev–Trinajstić information content (AvgIpc) is 2.25. The van der Waals surface area contributed by atoms with E-state index < -0.39 is 11.1 Å². The lowest BCUT2D eigenvalue weighted by Gasteiger charge is -2.01. The van der Waals surface area contributed by atoms with Crippen molar-refractivity contribution >= 4 is 22.8 Å². The van der Waals surface area contributed by atoms with Crippen LogP contribution in [0.5, 0.6) is 0 Å². The van der Waals surface area contributed by atoms with Gasteiger partial charge in [0.2, 0.25) is 0 Å². The maximum absolute atomic E-state index is 10.7. The fourth-order valence-corrected chi connectivity index (χ4v) is 2.57. The summed E-state index contributed by atoms with van der Waals surface area (Å²) in [5.74, 6) is 2.17. The molecule has 0 heterocycles. The molecule has 0 saturated heterocycles. The Labute approximate surface area is 97.8 Å². The van der Waals surface area contributed by atoms with Gasteiger partial charge in [-0.2, -0.15) is 11.8 Å². The Kier molecular flexibility index (Phi) is 5.98. The monoisotopic (exact) mass is 244 g/mol. The molecule has 0 fully saturated rings. The third-order valence-electron chi connectivity index (χ3n) is 2.04. The standard InChI is InChI=1S/C11H16O2S2/c1-2-3-8-14-9-10-4-6-11(7-5-10)15(12)13/h4-7H,2-3,8-9H2,1H3,(H,12,13). The summed E-state index contributed by atoms with van der Waals surface area (Å²) in [5, 5.41) is 0. The molecule has 1 atom stereocenters. The second-order valence-corrected chi connectivity index (χ2v) is 5.37. The molecule has 1 aromatic rings. The molecule has 4 heteroatoms. The number of thioether (sulfide) groups is 1. The van der Waals surface area contributed by atoms with Crippen LogP contribution in [0.25, 0.3) is 0 Å². The van der Waals surface area contributed by atoms with Gasteiger partial charge >= 0.3 is 0 Å². The van der Waals surface area contributed by atoms with Crippen molar-refractivity contribution in [3.63, 3.8) is 0 Å². The molecule has 0 aliphatic carbocycles. The molecule has 1 rings (SSSR count). The van der Waals surface area contributed by atoms with Crippen molar-refractivity contribution in [1.82, 2.24) is 0 Å². The van der Waals surface area contributed by atoms with Gasteiger partial charge in [0.1, 0.15) is 0 Å². The largest absolute Gasteiger partial charge is 0.302 e. The third kappa shape index (κ3) is 4.82. The molecule has 15 heavy (non-hydrogen) atoms. The Morgan fingerprint density at radius 2 is 2.00 bits per heavy atom. The molecule has 0 saturated carbocycles. The van der Waals surface area contributed by atoms with Crippen molar-refractivity contribution in [3.8, 4) is 0 Å². The highest BCUT2D eigenvalue weighted by atomic mass is 32.2. The second-order valence-electron chi connectivity index (χ2n) is 3.30. The van der Waals surface area contributed by atoms with Crippen LogP contribution in [0.2, 0.25) is 0 Å². The summed E-state index contributed by atoms with van der Waals surface area (Å²) < 4.78 is 19.5. The van der Waals surface area contributed by atoms with E-state index in [0.29, 0.717) is 4.90 Å². The molecule has 1 unspecified atom stereocenters. The van der Waals surface area contributed by atoms with E-state index in [1.807, 2.05) is 23.9 Å². The van der Waals surface area contributed by atoms with Crippen LogP contribution in [0, 0.1) is 0 Å². The van der Waals surface area contributed by atoms with E-state index in [4.69, 9.17) is 4.55 Å². The Balaban J connectivity index is 2.39. The Hall–Kier alpha value is -0.320. The number of hydrogen-bond acceptors (Lipinski definition) is 2. The van der Waals surface area contributed by atoms with Crippen LogP contribution in [-0.4, -0.2) is 14.5 Å². The van der Waals surface area contributed by atoms with E-state index in [9.17, 15) is 4.21 Å². The first kappa shape index (κ1) is 12.7. The Morgan fingerprint density at radius 1 is 1.33 bits per heavy atom. The quantitative estimate of drug-likeness (QED) is 0.616. The van der Waals surface area contributed by atoms with Gasteiger partial charge < -0.3 is 4.55 Å². The highest BCUT2D eigenvalue weighted by molar-refractivity contribution is 7.98. The van der Waals surface area contributed by atoms with Gasteiger partial charge in [-0.25, -0.2) is 4.21 Å². The normalized spacial score (nSPS) is 12.7. The van der Waals surface area contributed by atoms with Gasteiger partial charge in [0.25, 0.3) is 0 Å². The summed E-state index contributed by atoms with van der Waals surface area (Å²) >= 11 is 0.0540. The number of unbranched alkanes of at least 4 members (excludes halogenated alkanes) is 1. The van der Waals surface area contributed by atoms with Gasteiger partial charge in [-0.05, 0) is 29.9 Å². The van der Waals surface area contributed by atoms with Crippen LogP contribution in [0.3, 0.4) is 0 Å². The molecule has 84 valence electrons. The maximum atomic E-state index is 10.7. The highest BCUT2D eigenvalue weighted by Gasteiger charge is 1.99. The van der Waals surface area contributed by atoms with Crippen LogP contribution < -0.4 is 0 Å². The summed E-state index contributed by atoms with van der Waals surface area (Å²) in [6, 6.07) is 7.27. The smallest absolute Gasteiger partial charge is 0.186 e. The van der Waals surface area contributed by atoms with Gasteiger partial charge in [0, 0.05) is 5.75 Å². The zero-order valence-electron chi connectivity index (χ0n) is 8.81. The van der Waals surface area contributed by atoms with E-state index in [0.717, 1.165) is 5.75 Å². The van der Waals surface area contributed by atoms with Gasteiger partial charge in [0.15, 0.2) is 11.1 Å². The molecule has 0 aliphatic heterocycles. The minimum absolute atomic E-state index is 0.470. The van der Waals surface area contributed by atoms with Crippen molar-refractivity contribution in [1.29, 1.82) is 0 Å². The number of benzene rings is 1. The second kappa shape index (κ2) is 7.04. The van der Waals surface area contributed by atoms with Crippen LogP contribution in [0.4, 0.5) is 0 Å². The van der Waals surface area contributed by atoms with E-state index in [1.165, 1.54) is 24.2 Å². The molecule has 2 nitrogen and oxygen atoms in total. The third-order valence-corrected chi connectivity index (χ3v) is 3.83. The van der Waals surface area contributed by atoms with Crippen LogP contribution in [0.15, 0.2) is 29.2 Å². The Morgan fingerprint density at radius 3 is 2.53 bits per heavy atom. The zero-order chi connectivity index (χ0) is 11.1. The molecule has 0 aromatic heterocycles. The molecule has 0 bridgehead atoms. The first-order valence-corrected chi connectivity index (χ1v) is 7.27. The van der Waals surface area contributed by atoms with Crippen molar-refractivity contribution in [2.45, 2.75) is 30.4 Å². The summed E-state index contributed by atoms with van der Waals surface area (Å²) in [7, 11) is 0. The van der Waals surface area contributed by atoms with E-state index >= 15 is 0 Å². The first-order chi connectivity index (χ1) is 7.24. The van der Waals surface area contributed by atoms with Crippen LogP contribution in [-0.2, 0) is 16.8 Å². The molecule has 1 N–H and O–H groups in total. The molecule has 0 spiro atoms. The maximum Gasteiger partial charge on any atom is 0.186 e. The van der Waals surface area contributed by atoms with Gasteiger partial charge in [-0.3, -0.25) is 0 Å². The number of rotatable bonds is 6. The van der Waals surface area contributed by atoms with Crippen molar-refractivity contribution in [2.75, 3.05) is 5.75 Å². The fraction of sp³-hybridized carbons (Fsp3) is 0.455. The van der Waals surface area contributed by atoms with Gasteiger partial charge in [-0.15, -0.1) is 0 Å². The Bertz CT molecular complexity index is 309. The van der Waals surface area contributed by atoms with Crippen molar-refractivity contribution in [3.05, 3.63) is 29.8 Å². The minimum Gasteiger partial charge on any atom is -0.302 e. The topological polar surface area (TPSA) is 37.3 Å². The van der Waals surface area contributed by atoms with E-state index in [2.05, 4.69) is 6.92 Å². The summed E-state index contributed by atoms with van der Waals surface area (Å²) in [6.45, 7) is 2.19. The van der Waals surface area contributed by atoms with Crippen molar-refractivity contribution in [2.24, 2.45) is 0 Å². The SMILES string of the molecule is CCCCSCc1ccc(S(=O)O)cc1. The molecular weight excluding hydrogens is 228 g/mol. The van der Waals surface area contributed by atoms with Crippen LogP contribution >= 0.6 is 11.8 Å². The fourth-order valence-electron chi connectivity index (χ4n) is 1.14. The summed E-state index contributed by atoms with van der Waals surface area (Å²) in [4.78, 5) is 0.470. The summed E-state index contributed by atoms with van der Waals surface area (Å²) in [6.07, 6.45) is 2.48.